The van der Waals surface area contributed by atoms with E-state index in [2.05, 4.69) is 46.6 Å². The molecule has 2 aliphatic rings. The molecule has 2 aliphatic heterocycles. The maximum Gasteiger partial charge on any atom is 0.310 e. The predicted octanol–water partition coefficient (Wildman–Crippen LogP) is 0.519. The lowest BCUT2D eigenvalue weighted by molar-refractivity contribution is -0.155. The average Bonchev–Trinajstić information content (AvgIpc) is 3.05. The molecule has 3 atom stereocenters. The molecule has 0 bridgehead atoms. The highest BCUT2D eigenvalue weighted by Crippen LogP contribution is 2.18. The maximum atomic E-state index is 12.9. The Kier molecular flexibility index (Phi) is 10.0. The molecule has 0 saturated carbocycles. The summed E-state index contributed by atoms with van der Waals surface area (Å²) in [6.45, 7) is 3.11. The van der Waals surface area contributed by atoms with Crippen LogP contribution in [0.15, 0.2) is 35.9 Å². The number of carbonyl (C=O) groups is 4. The number of hydrogen-bond acceptors (Lipinski definition) is 7. The van der Waals surface area contributed by atoms with Crippen molar-refractivity contribution in [3.8, 4) is 0 Å². The number of allylic oxidation sites excluding steroid dienone is 1. The average molecular weight is 501 g/mol. The second-order valence-corrected chi connectivity index (χ2v) is 9.38. The number of primary amides is 1. The van der Waals surface area contributed by atoms with Gasteiger partial charge in [-0.05, 0) is 36.0 Å². The van der Waals surface area contributed by atoms with E-state index in [0.717, 1.165) is 17.6 Å². The highest BCUT2D eigenvalue weighted by atomic mass is 16.6. The maximum absolute atomic E-state index is 12.9. The van der Waals surface area contributed by atoms with E-state index >= 15 is 0 Å². The van der Waals surface area contributed by atoms with E-state index in [9.17, 15) is 24.3 Å². The van der Waals surface area contributed by atoms with Crippen LogP contribution in [0.5, 0.6) is 0 Å². The number of nitrogens with zero attached hydrogens (tertiary/aromatic N) is 1. The summed E-state index contributed by atoms with van der Waals surface area (Å²) in [5, 5.41) is 15.6. The lowest BCUT2D eigenvalue weighted by Crippen LogP contribution is -2.49. The number of aliphatic hydroxyl groups excluding tert-OH is 1. The van der Waals surface area contributed by atoms with E-state index in [4.69, 9.17) is 5.73 Å². The first-order chi connectivity index (χ1) is 17.3. The van der Waals surface area contributed by atoms with Gasteiger partial charge in [0.15, 0.2) is 0 Å². The van der Waals surface area contributed by atoms with Gasteiger partial charge in [0.1, 0.15) is 12.0 Å². The van der Waals surface area contributed by atoms with Crippen molar-refractivity contribution in [2.24, 2.45) is 11.7 Å². The number of unbranched alkanes of at least 4 members (excludes halogenated alkanes) is 2. The number of esters is 1. The van der Waals surface area contributed by atoms with Crippen LogP contribution in [0.25, 0.3) is 0 Å². The first kappa shape index (κ1) is 27.3. The van der Waals surface area contributed by atoms with Gasteiger partial charge in [0.05, 0.1) is 13.0 Å². The minimum Gasteiger partial charge on any atom is -0.434 e. The first-order valence-corrected chi connectivity index (χ1v) is 12.5. The fourth-order valence-electron chi connectivity index (χ4n) is 4.36. The highest BCUT2D eigenvalue weighted by Gasteiger charge is 2.36. The van der Waals surface area contributed by atoms with E-state index in [1.165, 1.54) is 29.7 Å². The third-order valence-corrected chi connectivity index (χ3v) is 6.43. The summed E-state index contributed by atoms with van der Waals surface area (Å²) in [5.74, 6) is -3.52. The van der Waals surface area contributed by atoms with Gasteiger partial charge in [0.2, 0.25) is 24.0 Å². The van der Waals surface area contributed by atoms with Crippen molar-refractivity contribution in [1.29, 1.82) is 0 Å². The third kappa shape index (κ3) is 7.89. The molecule has 1 aromatic carbocycles. The topological polar surface area (TPSA) is 151 Å². The Bertz CT molecular complexity index is 977. The summed E-state index contributed by atoms with van der Waals surface area (Å²) >= 11 is 0. The molecule has 0 aromatic heterocycles. The minimum atomic E-state index is -1.43. The largest absolute Gasteiger partial charge is 0.434 e. The first-order valence-electron chi connectivity index (χ1n) is 12.5. The Hall–Kier alpha value is -3.24. The molecule has 3 amide bonds. The Balaban J connectivity index is 1.55. The van der Waals surface area contributed by atoms with Crippen molar-refractivity contribution in [2.45, 2.75) is 64.3 Å². The molecule has 196 valence electrons. The summed E-state index contributed by atoms with van der Waals surface area (Å²) in [4.78, 5) is 49.9. The molecule has 1 saturated heterocycles. The number of hydrogen-bond donors (Lipinski definition) is 4. The van der Waals surface area contributed by atoms with E-state index < -0.39 is 41.9 Å². The van der Waals surface area contributed by atoms with E-state index in [1.807, 2.05) is 6.08 Å². The van der Waals surface area contributed by atoms with Gasteiger partial charge in [0.25, 0.3) is 0 Å². The fourth-order valence-corrected chi connectivity index (χ4v) is 4.36. The van der Waals surface area contributed by atoms with Crippen LogP contribution in [-0.2, 0) is 36.9 Å². The molecule has 10 heteroatoms. The van der Waals surface area contributed by atoms with Gasteiger partial charge in [-0.2, -0.15) is 0 Å². The van der Waals surface area contributed by atoms with Gasteiger partial charge in [0, 0.05) is 19.6 Å². The Labute approximate surface area is 211 Å². The number of cyclic esters (lactones) is 1. The number of aliphatic hydroxyl groups is 1. The molecular weight excluding hydrogens is 464 g/mol. The second kappa shape index (κ2) is 13.2. The molecule has 3 unspecified atom stereocenters. The Morgan fingerprint density at radius 1 is 1.14 bits per heavy atom. The Morgan fingerprint density at radius 3 is 2.50 bits per heavy atom. The van der Waals surface area contributed by atoms with Crippen molar-refractivity contribution in [2.75, 3.05) is 19.6 Å². The molecule has 0 spiro atoms. The normalized spacial score (nSPS) is 22.1. The molecule has 0 radical (unpaired) electrons. The van der Waals surface area contributed by atoms with Gasteiger partial charge in [-0.25, -0.2) is 0 Å². The van der Waals surface area contributed by atoms with Crippen LogP contribution < -0.4 is 16.4 Å². The monoisotopic (exact) mass is 500 g/mol. The molecule has 5 N–H and O–H groups in total. The van der Waals surface area contributed by atoms with E-state index in [-0.39, 0.29) is 25.9 Å². The van der Waals surface area contributed by atoms with E-state index in [0.29, 0.717) is 13.1 Å². The standard InChI is InChI=1S/C26H36N4O6/c1-2-3-4-5-17-6-8-18(9-7-17)13-28-14-19-10-11-20(24(27)33)25(34)30(15-19)16-22(31)29-21-12-23(32)36-26(21)35/h6-10,20-21,26,28,35H,2-5,11-16H2,1H3,(H2,27,33)(H,29,31). The van der Waals surface area contributed by atoms with Crippen LogP contribution in [0.4, 0.5) is 0 Å². The van der Waals surface area contributed by atoms with Crippen LogP contribution in [0.2, 0.25) is 0 Å². The van der Waals surface area contributed by atoms with Crippen molar-refractivity contribution in [1.82, 2.24) is 15.5 Å². The summed E-state index contributed by atoms with van der Waals surface area (Å²) in [5.41, 5.74) is 8.76. The van der Waals surface area contributed by atoms with Crippen LogP contribution in [0.3, 0.4) is 0 Å². The van der Waals surface area contributed by atoms with E-state index in [1.54, 1.807) is 0 Å². The minimum absolute atomic E-state index is 0.153. The van der Waals surface area contributed by atoms with Crippen LogP contribution in [0, 0.1) is 5.92 Å². The van der Waals surface area contributed by atoms with Crippen molar-refractivity contribution < 1.29 is 29.0 Å². The third-order valence-electron chi connectivity index (χ3n) is 6.43. The van der Waals surface area contributed by atoms with Gasteiger partial charge < -0.3 is 31.1 Å². The zero-order valence-corrected chi connectivity index (χ0v) is 20.7. The number of carbonyl (C=O) groups excluding carboxylic acids is 4. The van der Waals surface area contributed by atoms with Crippen LogP contribution >= 0.6 is 0 Å². The number of aryl methyl sites for hydroxylation is 1. The summed E-state index contributed by atoms with van der Waals surface area (Å²) < 4.78 is 4.62. The van der Waals surface area contributed by atoms with Gasteiger partial charge in [-0.3, -0.25) is 19.2 Å². The number of ether oxygens (including phenoxy) is 1. The lowest BCUT2D eigenvalue weighted by Gasteiger charge is -2.25. The van der Waals surface area contributed by atoms with Gasteiger partial charge >= 0.3 is 5.97 Å². The number of rotatable bonds is 12. The quantitative estimate of drug-likeness (QED) is 0.141. The summed E-state index contributed by atoms with van der Waals surface area (Å²) in [6, 6.07) is 7.62. The molecule has 1 aromatic rings. The zero-order chi connectivity index (χ0) is 26.1. The second-order valence-electron chi connectivity index (χ2n) is 9.38. The van der Waals surface area contributed by atoms with Crippen molar-refractivity contribution >= 4 is 23.7 Å². The molecule has 0 aliphatic carbocycles. The summed E-state index contributed by atoms with van der Waals surface area (Å²) in [6.07, 6.45) is 5.11. The zero-order valence-electron chi connectivity index (χ0n) is 20.7. The van der Waals surface area contributed by atoms with Gasteiger partial charge in [-0.15, -0.1) is 0 Å². The molecule has 2 heterocycles. The van der Waals surface area contributed by atoms with Crippen LogP contribution in [-0.4, -0.2) is 65.7 Å². The van der Waals surface area contributed by atoms with Crippen molar-refractivity contribution in [3.63, 3.8) is 0 Å². The molecule has 3 rings (SSSR count). The fraction of sp³-hybridized carbons (Fsp3) is 0.538. The molecule has 1 fully saturated rings. The Morgan fingerprint density at radius 2 is 1.86 bits per heavy atom. The van der Waals surface area contributed by atoms with Gasteiger partial charge in [-0.1, -0.05) is 50.1 Å². The molecular formula is C26H36N4O6. The number of nitrogens with one attached hydrogen (secondary N) is 2. The number of nitrogens with two attached hydrogens (primary N) is 1. The molecule has 36 heavy (non-hydrogen) atoms. The number of benzene rings is 1. The lowest BCUT2D eigenvalue weighted by atomic mass is 10.0. The molecule has 10 nitrogen and oxygen atoms in total. The van der Waals surface area contributed by atoms with Crippen molar-refractivity contribution in [3.05, 3.63) is 47.0 Å². The summed E-state index contributed by atoms with van der Waals surface area (Å²) in [7, 11) is 0. The predicted molar refractivity (Wildman–Crippen MR) is 132 cm³/mol. The smallest absolute Gasteiger partial charge is 0.310 e. The van der Waals surface area contributed by atoms with Crippen LogP contribution in [0.1, 0.15) is 50.2 Å². The highest BCUT2D eigenvalue weighted by molar-refractivity contribution is 6.01. The number of amides is 3. The SMILES string of the molecule is CCCCCc1ccc(CNCC2=CCC(C(N)=O)C(=O)N(CC(=O)NC3CC(=O)OC3O)C2)cc1.